The summed E-state index contributed by atoms with van der Waals surface area (Å²) in [5, 5.41) is 10.1. The highest BCUT2D eigenvalue weighted by Crippen LogP contribution is 2.29. The maximum Gasteiger partial charge on any atom is 0.341 e. The van der Waals surface area contributed by atoms with Crippen LogP contribution in [0.4, 0.5) is 5.82 Å². The molecule has 0 bridgehead atoms. The van der Waals surface area contributed by atoms with Crippen molar-refractivity contribution in [2.75, 3.05) is 32.2 Å². The number of aryl methyl sites for hydroxylation is 1. The molecule has 5 heterocycles. The van der Waals surface area contributed by atoms with Crippen molar-refractivity contribution in [1.29, 1.82) is 0 Å². The number of Topliss-reactive ketones (excluding diaryl/α,β-unsaturated/α-hetero) is 1. The number of rotatable bonds is 8. The number of fused-ring (bicyclic) bond motifs is 1. The fourth-order valence-corrected chi connectivity index (χ4v) is 4.77. The molecule has 0 unspecified atom stereocenters. The van der Waals surface area contributed by atoms with Gasteiger partial charge in [-0.2, -0.15) is 4.98 Å². The van der Waals surface area contributed by atoms with Crippen LogP contribution in [0.1, 0.15) is 21.6 Å². The van der Waals surface area contributed by atoms with Crippen molar-refractivity contribution >= 4 is 40.1 Å². The van der Waals surface area contributed by atoms with Gasteiger partial charge in [0.15, 0.2) is 5.65 Å². The molecule has 1 aliphatic heterocycles. The van der Waals surface area contributed by atoms with E-state index in [1.54, 1.807) is 38.4 Å². The molecule has 0 aromatic carbocycles. The second-order valence-corrected chi connectivity index (χ2v) is 9.27. The molecule has 190 valence electrons. The van der Waals surface area contributed by atoms with Crippen molar-refractivity contribution in [2.45, 2.75) is 13.3 Å². The number of methoxy groups -OCH3 is 2. The molecule has 1 N–H and O–H groups in total. The number of anilines is 1. The van der Waals surface area contributed by atoms with E-state index in [1.807, 2.05) is 4.90 Å². The first-order chi connectivity index (χ1) is 17.8. The van der Waals surface area contributed by atoms with Crippen LogP contribution in [0.2, 0.25) is 0 Å². The van der Waals surface area contributed by atoms with Gasteiger partial charge in [0.1, 0.15) is 22.9 Å². The van der Waals surface area contributed by atoms with Gasteiger partial charge in [-0.1, -0.05) is 0 Å². The van der Waals surface area contributed by atoms with Crippen LogP contribution in [0.25, 0.3) is 16.2 Å². The molecule has 1 saturated heterocycles. The summed E-state index contributed by atoms with van der Waals surface area (Å²) in [6.45, 7) is 2.66. The Labute approximate surface area is 214 Å². The molecule has 0 spiro atoms. The Morgan fingerprint density at radius 3 is 2.59 bits per heavy atom. The topological polar surface area (TPSA) is 150 Å². The van der Waals surface area contributed by atoms with E-state index in [1.165, 1.54) is 17.9 Å². The van der Waals surface area contributed by atoms with E-state index in [-0.39, 0.29) is 35.2 Å². The molecular weight excluding hydrogens is 500 g/mol. The molecule has 4 aromatic heterocycles. The molecule has 0 saturated carbocycles. The number of aromatic nitrogens is 5. The van der Waals surface area contributed by atoms with Gasteiger partial charge in [-0.05, 0) is 30.7 Å². The van der Waals surface area contributed by atoms with Crippen molar-refractivity contribution in [3.63, 3.8) is 0 Å². The van der Waals surface area contributed by atoms with Gasteiger partial charge in [0.2, 0.25) is 10.6 Å². The van der Waals surface area contributed by atoms with E-state index in [9.17, 15) is 19.5 Å². The zero-order chi connectivity index (χ0) is 26.3. The maximum absolute atomic E-state index is 13.0. The van der Waals surface area contributed by atoms with Gasteiger partial charge in [-0.15, -0.1) is 4.37 Å². The summed E-state index contributed by atoms with van der Waals surface area (Å²) in [4.78, 5) is 52.7. The number of carboxylic acid groups (broad SMARTS) is 1. The van der Waals surface area contributed by atoms with Gasteiger partial charge < -0.3 is 19.5 Å². The minimum absolute atomic E-state index is 0.0791. The van der Waals surface area contributed by atoms with Crippen molar-refractivity contribution in [3.05, 3.63) is 57.6 Å². The summed E-state index contributed by atoms with van der Waals surface area (Å²) in [5.74, 6) is -0.244. The van der Waals surface area contributed by atoms with E-state index >= 15 is 0 Å². The number of carboxylic acids is 1. The molecule has 0 amide bonds. The van der Waals surface area contributed by atoms with Gasteiger partial charge in [-0.25, -0.2) is 9.78 Å². The first kappa shape index (κ1) is 24.3. The Kier molecular flexibility index (Phi) is 6.29. The van der Waals surface area contributed by atoms with Crippen LogP contribution in [0.3, 0.4) is 0 Å². The average molecular weight is 523 g/mol. The number of ether oxygens (including phenoxy) is 2. The molecule has 13 heteroatoms. The number of hydrogen-bond donors (Lipinski definition) is 1. The molecule has 4 aromatic rings. The molecule has 1 fully saturated rings. The highest BCUT2D eigenvalue weighted by atomic mass is 32.1. The van der Waals surface area contributed by atoms with Gasteiger partial charge in [0.05, 0.1) is 31.7 Å². The molecule has 1 aliphatic rings. The molecule has 0 aliphatic carbocycles. The lowest BCUT2D eigenvalue weighted by Gasteiger charge is -2.39. The number of pyridine rings is 3. The van der Waals surface area contributed by atoms with Crippen LogP contribution >= 0.6 is 11.5 Å². The fraction of sp³-hybridized carbons (Fsp3) is 0.292. The van der Waals surface area contributed by atoms with E-state index in [0.717, 1.165) is 11.5 Å². The minimum atomic E-state index is -1.35. The number of carbonyl (C=O) groups is 2. The van der Waals surface area contributed by atoms with Gasteiger partial charge >= 0.3 is 12.0 Å². The summed E-state index contributed by atoms with van der Waals surface area (Å²) in [5.41, 5.74) is 0.461. The Balaban J connectivity index is 1.44. The first-order valence-corrected chi connectivity index (χ1v) is 12.0. The molecule has 5 rings (SSSR count). The lowest BCUT2D eigenvalue weighted by atomic mass is 9.92. The molecule has 37 heavy (non-hydrogen) atoms. The molecule has 0 radical (unpaired) electrons. The third-order valence-corrected chi connectivity index (χ3v) is 6.91. The predicted octanol–water partition coefficient (Wildman–Crippen LogP) is 1.90. The molecule has 0 atom stereocenters. The van der Waals surface area contributed by atoms with E-state index in [0.29, 0.717) is 41.0 Å². The lowest BCUT2D eigenvalue weighted by molar-refractivity contribution is -0.123. The summed E-state index contributed by atoms with van der Waals surface area (Å²) in [6, 6.07) is 5.39. The Morgan fingerprint density at radius 1 is 1.19 bits per heavy atom. The van der Waals surface area contributed by atoms with Crippen LogP contribution < -0.4 is 19.8 Å². The standard InChI is InChI=1S/C24H22N6O6S/c1-12-6-18(29-9-13(10-29)17(31)7-14-4-5-15(35-2)8-25-14)26-21-19(12)20(32)16(22(33)34)11-30(21)24-27-23(36-3)28-37-24/h4-6,8,11,13H,7,9-10H2,1-3H3,(H,33,34). The van der Waals surface area contributed by atoms with Crippen molar-refractivity contribution in [2.24, 2.45) is 5.92 Å². The highest BCUT2D eigenvalue weighted by Gasteiger charge is 2.34. The molecule has 12 nitrogen and oxygen atoms in total. The van der Waals surface area contributed by atoms with E-state index in [4.69, 9.17) is 9.47 Å². The van der Waals surface area contributed by atoms with Gasteiger partial charge in [0.25, 0.3) is 0 Å². The van der Waals surface area contributed by atoms with E-state index < -0.39 is 17.0 Å². The average Bonchev–Trinajstić information content (AvgIpc) is 3.32. The highest BCUT2D eigenvalue weighted by molar-refractivity contribution is 7.08. The second kappa shape index (κ2) is 9.58. The quantitative estimate of drug-likeness (QED) is 0.361. The maximum atomic E-state index is 13.0. The van der Waals surface area contributed by atoms with Gasteiger partial charge in [-0.3, -0.25) is 19.1 Å². The number of aromatic carboxylic acids is 1. The lowest BCUT2D eigenvalue weighted by Crippen LogP contribution is -2.51. The minimum Gasteiger partial charge on any atom is -0.495 e. The van der Waals surface area contributed by atoms with Crippen molar-refractivity contribution in [1.82, 2.24) is 23.9 Å². The Bertz CT molecular complexity index is 1580. The number of hydrogen-bond acceptors (Lipinski definition) is 11. The molecular formula is C24H22N6O6S. The van der Waals surface area contributed by atoms with Crippen LogP contribution in [-0.4, -0.2) is 68.1 Å². The van der Waals surface area contributed by atoms with Crippen LogP contribution in [0.5, 0.6) is 11.8 Å². The third kappa shape index (κ3) is 4.48. The van der Waals surface area contributed by atoms with Crippen LogP contribution in [-0.2, 0) is 11.2 Å². The fourth-order valence-electron chi connectivity index (χ4n) is 4.15. The summed E-state index contributed by atoms with van der Waals surface area (Å²) in [6.07, 6.45) is 3.01. The number of nitrogens with zero attached hydrogens (tertiary/aromatic N) is 6. The van der Waals surface area contributed by atoms with E-state index in [2.05, 4.69) is 19.3 Å². The summed E-state index contributed by atoms with van der Waals surface area (Å²) in [7, 11) is 2.98. The number of carbonyl (C=O) groups excluding carboxylic acids is 1. The predicted molar refractivity (Wildman–Crippen MR) is 134 cm³/mol. The Hall–Kier alpha value is -4.39. The third-order valence-electron chi connectivity index (χ3n) is 6.21. The normalized spacial score (nSPS) is 13.4. The zero-order valence-electron chi connectivity index (χ0n) is 20.2. The summed E-state index contributed by atoms with van der Waals surface area (Å²) >= 11 is 0.985. The zero-order valence-corrected chi connectivity index (χ0v) is 21.0. The van der Waals surface area contributed by atoms with Crippen LogP contribution in [0.15, 0.2) is 35.4 Å². The smallest absolute Gasteiger partial charge is 0.341 e. The first-order valence-electron chi connectivity index (χ1n) is 11.2. The second-order valence-electron chi connectivity index (χ2n) is 8.54. The van der Waals surface area contributed by atoms with Crippen molar-refractivity contribution < 1.29 is 24.2 Å². The number of ketones is 1. The SMILES string of the molecule is COc1ccc(CC(=O)C2CN(c3cc(C)c4c(=O)c(C(=O)O)cn(-c5nc(OC)ns5)c4n3)C2)nc1. The van der Waals surface area contributed by atoms with Gasteiger partial charge in [0, 0.05) is 42.9 Å². The largest absolute Gasteiger partial charge is 0.495 e. The summed E-state index contributed by atoms with van der Waals surface area (Å²) < 4.78 is 15.7. The van der Waals surface area contributed by atoms with Crippen molar-refractivity contribution in [3.8, 4) is 16.9 Å². The Morgan fingerprint density at radius 2 is 1.97 bits per heavy atom. The van der Waals surface area contributed by atoms with Crippen LogP contribution in [0, 0.1) is 12.8 Å². The monoisotopic (exact) mass is 522 g/mol.